The van der Waals surface area contributed by atoms with E-state index in [2.05, 4.69) is 36.3 Å². The molecule has 2 fully saturated rings. The molecule has 1 atom stereocenters. The number of hydrogen-bond acceptors (Lipinski definition) is 11. The predicted molar refractivity (Wildman–Crippen MR) is 147 cm³/mol. The fraction of sp³-hybridized carbons (Fsp3) is 0.346. The van der Waals surface area contributed by atoms with E-state index in [9.17, 15) is 9.59 Å². The second-order valence-corrected chi connectivity index (χ2v) is 9.45. The molecule has 4 heterocycles. The van der Waals surface area contributed by atoms with Crippen LogP contribution in [0.1, 0.15) is 39.3 Å². The van der Waals surface area contributed by atoms with Crippen molar-refractivity contribution in [1.82, 2.24) is 35.9 Å². The molecule has 2 saturated heterocycles. The quantitative estimate of drug-likeness (QED) is 0.152. The van der Waals surface area contributed by atoms with E-state index in [1.807, 2.05) is 4.90 Å². The van der Waals surface area contributed by atoms with Gasteiger partial charge in [0, 0.05) is 55.9 Å². The number of carbonyl (C=O) groups excluding carboxylic acids is 2. The van der Waals surface area contributed by atoms with Gasteiger partial charge in [-0.2, -0.15) is 4.98 Å². The summed E-state index contributed by atoms with van der Waals surface area (Å²) >= 11 is 0. The standard InChI is InChI=1S/C26H31N11O3/c27-22(28)21-23(30-19-7-5-17(6-8-19)25(39)36-11-13-40-14-12-36)31-26(35-33-21)37-10-2-4-20(16-37)32-34-24(38)18-3-1-9-29-15-18/h1,3,5-9,15,20,32H,2,4,10-14,16H2,(H3,27,28)(H,34,38)(H,30,31,35)/t20-/m1/s1. The third kappa shape index (κ3) is 6.47. The molecule has 2 amide bonds. The number of aromatic nitrogens is 4. The molecule has 2 aliphatic heterocycles. The molecule has 0 unspecified atom stereocenters. The Morgan fingerprint density at radius 3 is 2.58 bits per heavy atom. The topological polar surface area (TPSA) is 187 Å². The minimum atomic E-state index is -0.274. The van der Waals surface area contributed by atoms with Crippen molar-refractivity contribution in [1.29, 1.82) is 5.41 Å². The number of anilines is 3. The molecule has 3 aromatic rings. The van der Waals surface area contributed by atoms with Crippen molar-refractivity contribution in [3.8, 4) is 0 Å². The Bertz CT molecular complexity index is 1350. The van der Waals surface area contributed by atoms with E-state index in [0.29, 0.717) is 62.2 Å². The fourth-order valence-electron chi connectivity index (χ4n) is 4.52. The summed E-state index contributed by atoms with van der Waals surface area (Å²) in [6.07, 6.45) is 4.81. The number of nitrogens with two attached hydrogens (primary N) is 1. The molecule has 5 rings (SSSR count). The maximum absolute atomic E-state index is 12.8. The number of piperidine rings is 1. The second kappa shape index (κ2) is 12.4. The summed E-state index contributed by atoms with van der Waals surface area (Å²) in [5, 5.41) is 19.5. The smallest absolute Gasteiger partial charge is 0.266 e. The first-order valence-electron chi connectivity index (χ1n) is 13.0. The van der Waals surface area contributed by atoms with Crippen LogP contribution in [0.3, 0.4) is 0 Å². The van der Waals surface area contributed by atoms with Crippen LogP contribution < -0.4 is 26.8 Å². The zero-order valence-electron chi connectivity index (χ0n) is 21.8. The van der Waals surface area contributed by atoms with Crippen molar-refractivity contribution in [2.75, 3.05) is 49.6 Å². The summed E-state index contributed by atoms with van der Waals surface area (Å²) in [5.41, 5.74) is 13.4. The molecule has 0 aliphatic carbocycles. The number of amides is 2. The van der Waals surface area contributed by atoms with Crippen molar-refractivity contribution in [3.05, 3.63) is 65.6 Å². The second-order valence-electron chi connectivity index (χ2n) is 9.45. The van der Waals surface area contributed by atoms with Gasteiger partial charge in [-0.15, -0.1) is 10.2 Å². The molecule has 1 aromatic carbocycles. The summed E-state index contributed by atoms with van der Waals surface area (Å²) in [5.74, 6) is 0.0686. The molecule has 208 valence electrons. The molecule has 40 heavy (non-hydrogen) atoms. The third-order valence-electron chi connectivity index (χ3n) is 6.64. The maximum atomic E-state index is 12.8. The SMILES string of the molecule is N=C(N)c1nnc(N2CCC[C@@H](NNC(=O)c3cccnc3)C2)nc1Nc1ccc(C(=O)N2CCOCC2)cc1. The zero-order chi connectivity index (χ0) is 27.9. The van der Waals surface area contributed by atoms with Crippen LogP contribution >= 0.6 is 0 Å². The van der Waals surface area contributed by atoms with Crippen LogP contribution in [0.2, 0.25) is 0 Å². The molecule has 2 aromatic heterocycles. The number of ether oxygens (including phenoxy) is 1. The lowest BCUT2D eigenvalue weighted by Gasteiger charge is -2.33. The van der Waals surface area contributed by atoms with Gasteiger partial charge < -0.3 is 25.6 Å². The molecule has 14 heteroatoms. The highest BCUT2D eigenvalue weighted by atomic mass is 16.5. The zero-order valence-corrected chi connectivity index (χ0v) is 21.8. The monoisotopic (exact) mass is 545 g/mol. The number of nitrogen functional groups attached to an aromatic ring is 1. The van der Waals surface area contributed by atoms with E-state index in [1.165, 1.54) is 6.20 Å². The van der Waals surface area contributed by atoms with E-state index in [0.717, 1.165) is 12.8 Å². The van der Waals surface area contributed by atoms with Crippen LogP contribution in [0.25, 0.3) is 0 Å². The maximum Gasteiger partial charge on any atom is 0.266 e. The fourth-order valence-corrected chi connectivity index (χ4v) is 4.52. The van der Waals surface area contributed by atoms with Crippen LogP contribution in [0, 0.1) is 5.41 Å². The van der Waals surface area contributed by atoms with Crippen molar-refractivity contribution in [2.45, 2.75) is 18.9 Å². The Morgan fingerprint density at radius 2 is 1.85 bits per heavy atom. The minimum absolute atomic E-state index is 0.0431. The summed E-state index contributed by atoms with van der Waals surface area (Å²) in [6, 6.07) is 10.4. The number of benzene rings is 1. The first-order chi connectivity index (χ1) is 19.5. The van der Waals surface area contributed by atoms with Crippen LogP contribution in [-0.2, 0) is 4.74 Å². The summed E-state index contributed by atoms with van der Waals surface area (Å²) in [7, 11) is 0. The lowest BCUT2D eigenvalue weighted by molar-refractivity contribution is 0.0303. The highest BCUT2D eigenvalue weighted by Gasteiger charge is 2.24. The highest BCUT2D eigenvalue weighted by Crippen LogP contribution is 2.22. The summed E-state index contributed by atoms with van der Waals surface area (Å²) in [6.45, 7) is 3.45. The summed E-state index contributed by atoms with van der Waals surface area (Å²) < 4.78 is 5.32. The van der Waals surface area contributed by atoms with E-state index >= 15 is 0 Å². The van der Waals surface area contributed by atoms with E-state index in [4.69, 9.17) is 15.9 Å². The lowest BCUT2D eigenvalue weighted by Crippen LogP contribution is -2.52. The third-order valence-corrected chi connectivity index (χ3v) is 6.64. The Hall–Kier alpha value is -4.69. The molecule has 0 bridgehead atoms. The van der Waals surface area contributed by atoms with E-state index in [1.54, 1.807) is 47.5 Å². The Balaban J connectivity index is 1.25. The van der Waals surface area contributed by atoms with Gasteiger partial charge >= 0.3 is 0 Å². The number of nitrogens with one attached hydrogen (secondary N) is 4. The Kier molecular flexibility index (Phi) is 8.37. The van der Waals surface area contributed by atoms with Crippen LogP contribution in [0.15, 0.2) is 48.8 Å². The molecule has 14 nitrogen and oxygen atoms in total. The van der Waals surface area contributed by atoms with E-state index in [-0.39, 0.29) is 35.2 Å². The van der Waals surface area contributed by atoms with Gasteiger partial charge in [-0.3, -0.25) is 25.4 Å². The molecular formula is C26H31N11O3. The van der Waals surface area contributed by atoms with Crippen LogP contribution in [0.4, 0.5) is 17.5 Å². The van der Waals surface area contributed by atoms with Gasteiger partial charge in [0.25, 0.3) is 11.8 Å². The highest BCUT2D eigenvalue weighted by molar-refractivity contribution is 5.98. The van der Waals surface area contributed by atoms with Gasteiger partial charge in [-0.25, -0.2) is 5.43 Å². The number of amidine groups is 1. The first kappa shape index (κ1) is 26.9. The Morgan fingerprint density at radius 1 is 1.05 bits per heavy atom. The average molecular weight is 546 g/mol. The predicted octanol–water partition coefficient (Wildman–Crippen LogP) is 0.670. The van der Waals surface area contributed by atoms with Crippen molar-refractivity contribution in [3.63, 3.8) is 0 Å². The number of rotatable bonds is 8. The molecule has 0 radical (unpaired) electrons. The minimum Gasteiger partial charge on any atom is -0.382 e. The van der Waals surface area contributed by atoms with Gasteiger partial charge in [0.15, 0.2) is 11.5 Å². The van der Waals surface area contributed by atoms with Gasteiger partial charge in [0.05, 0.1) is 18.8 Å². The average Bonchev–Trinajstić information content (AvgIpc) is 3.01. The normalized spacial score (nSPS) is 17.2. The first-order valence-corrected chi connectivity index (χ1v) is 13.0. The molecular weight excluding hydrogens is 514 g/mol. The van der Waals surface area contributed by atoms with Crippen molar-refractivity contribution in [2.24, 2.45) is 5.73 Å². The number of hydrogen-bond donors (Lipinski definition) is 5. The van der Waals surface area contributed by atoms with Crippen LogP contribution in [-0.4, -0.2) is 88.1 Å². The van der Waals surface area contributed by atoms with Crippen LogP contribution in [0.5, 0.6) is 0 Å². The summed E-state index contributed by atoms with van der Waals surface area (Å²) in [4.78, 5) is 37.5. The Labute approximate surface area is 230 Å². The number of pyridine rings is 1. The van der Waals surface area contributed by atoms with Crippen molar-refractivity contribution >= 4 is 35.1 Å². The molecule has 0 saturated carbocycles. The molecule has 6 N–H and O–H groups in total. The van der Waals surface area contributed by atoms with Gasteiger partial charge in [0.2, 0.25) is 5.95 Å². The number of morpholine rings is 1. The number of nitrogens with zero attached hydrogens (tertiary/aromatic N) is 6. The molecule has 0 spiro atoms. The number of carbonyl (C=O) groups is 2. The van der Waals surface area contributed by atoms with E-state index < -0.39 is 0 Å². The van der Waals surface area contributed by atoms with Gasteiger partial charge in [-0.05, 0) is 49.2 Å². The molecule has 2 aliphatic rings. The van der Waals surface area contributed by atoms with Gasteiger partial charge in [-0.1, -0.05) is 0 Å². The largest absolute Gasteiger partial charge is 0.382 e. The number of hydrazine groups is 1. The van der Waals surface area contributed by atoms with Crippen molar-refractivity contribution < 1.29 is 14.3 Å². The van der Waals surface area contributed by atoms with Gasteiger partial charge in [0.1, 0.15) is 5.84 Å². The lowest BCUT2D eigenvalue weighted by atomic mass is 10.1.